The van der Waals surface area contributed by atoms with E-state index in [1.165, 1.54) is 11.8 Å². The van der Waals surface area contributed by atoms with Crippen molar-refractivity contribution in [3.63, 3.8) is 0 Å². The summed E-state index contributed by atoms with van der Waals surface area (Å²) in [5.74, 6) is 0.305. The number of benzene rings is 2. The Hall–Kier alpha value is -2.27. The lowest BCUT2D eigenvalue weighted by Gasteiger charge is -2.09. The van der Waals surface area contributed by atoms with Crippen LogP contribution in [-0.4, -0.2) is 17.6 Å². The number of carbonyl (C=O) groups is 2. The van der Waals surface area contributed by atoms with Gasteiger partial charge in [-0.05, 0) is 61.7 Å². The Morgan fingerprint density at radius 1 is 0.923 bits per heavy atom. The van der Waals surface area contributed by atoms with Crippen LogP contribution in [0.4, 0.5) is 11.4 Å². The van der Waals surface area contributed by atoms with Gasteiger partial charge in [0.2, 0.25) is 11.8 Å². The number of nitrogens with one attached hydrogen (secondary N) is 2. The second-order valence-electron chi connectivity index (χ2n) is 6.39. The van der Waals surface area contributed by atoms with Crippen molar-refractivity contribution in [3.05, 3.63) is 53.6 Å². The molecule has 138 valence electrons. The number of hydrogen-bond acceptors (Lipinski definition) is 3. The van der Waals surface area contributed by atoms with E-state index in [1.54, 1.807) is 0 Å². The molecule has 0 aromatic heterocycles. The highest BCUT2D eigenvalue weighted by atomic mass is 32.2. The van der Waals surface area contributed by atoms with Crippen molar-refractivity contribution >= 4 is 35.0 Å². The predicted molar refractivity (Wildman–Crippen MR) is 110 cm³/mol. The summed E-state index contributed by atoms with van der Waals surface area (Å²) in [6, 6.07) is 13.6. The standard InChI is InChI=1S/C21H26N2O2S/c1-4-5-9-20(24)22-17-7-6-8-19(13-17)26-14-21(25)23-18-11-15(2)10-16(3)12-18/h6-8,10-13H,4-5,9,14H2,1-3H3,(H,22,24)(H,23,25). The largest absolute Gasteiger partial charge is 0.326 e. The molecule has 0 atom stereocenters. The van der Waals surface area contributed by atoms with Crippen LogP contribution in [-0.2, 0) is 9.59 Å². The summed E-state index contributed by atoms with van der Waals surface area (Å²) in [6.07, 6.45) is 2.42. The Bertz CT molecular complexity index is 754. The van der Waals surface area contributed by atoms with Crippen LogP contribution >= 0.6 is 11.8 Å². The van der Waals surface area contributed by atoms with Gasteiger partial charge in [0.25, 0.3) is 0 Å². The van der Waals surface area contributed by atoms with E-state index in [1.807, 2.05) is 50.2 Å². The molecule has 0 aliphatic carbocycles. The normalized spacial score (nSPS) is 10.4. The molecule has 0 saturated carbocycles. The number of thioether (sulfide) groups is 1. The number of rotatable bonds is 8. The maximum absolute atomic E-state index is 12.2. The first kappa shape index (κ1) is 20.0. The molecule has 0 aliphatic heterocycles. The number of unbranched alkanes of at least 4 members (excludes halogenated alkanes) is 1. The van der Waals surface area contributed by atoms with Crippen molar-refractivity contribution < 1.29 is 9.59 Å². The zero-order chi connectivity index (χ0) is 18.9. The summed E-state index contributed by atoms with van der Waals surface area (Å²) in [5, 5.41) is 5.84. The molecule has 26 heavy (non-hydrogen) atoms. The molecule has 2 rings (SSSR count). The maximum atomic E-state index is 12.2. The van der Waals surface area contributed by atoms with Crippen LogP contribution in [0.15, 0.2) is 47.4 Å². The SMILES string of the molecule is CCCCC(=O)Nc1cccc(SCC(=O)Nc2cc(C)cc(C)c2)c1. The van der Waals surface area contributed by atoms with Gasteiger partial charge >= 0.3 is 0 Å². The zero-order valence-electron chi connectivity index (χ0n) is 15.6. The molecule has 0 spiro atoms. The fourth-order valence-electron chi connectivity index (χ4n) is 2.62. The zero-order valence-corrected chi connectivity index (χ0v) is 16.4. The molecule has 0 heterocycles. The van der Waals surface area contributed by atoms with Gasteiger partial charge in [0.05, 0.1) is 5.75 Å². The van der Waals surface area contributed by atoms with E-state index >= 15 is 0 Å². The van der Waals surface area contributed by atoms with Gasteiger partial charge in [-0.3, -0.25) is 9.59 Å². The second-order valence-corrected chi connectivity index (χ2v) is 7.44. The fraction of sp³-hybridized carbons (Fsp3) is 0.333. The van der Waals surface area contributed by atoms with Gasteiger partial charge in [-0.25, -0.2) is 0 Å². The average Bonchev–Trinajstić information content (AvgIpc) is 2.57. The smallest absolute Gasteiger partial charge is 0.234 e. The third kappa shape index (κ3) is 6.92. The Balaban J connectivity index is 1.87. The third-order valence-corrected chi connectivity index (χ3v) is 4.74. The quantitative estimate of drug-likeness (QED) is 0.631. The topological polar surface area (TPSA) is 58.2 Å². The summed E-state index contributed by atoms with van der Waals surface area (Å²) in [4.78, 5) is 25.0. The number of amides is 2. The van der Waals surface area contributed by atoms with E-state index in [4.69, 9.17) is 0 Å². The third-order valence-electron chi connectivity index (χ3n) is 3.75. The highest BCUT2D eigenvalue weighted by Gasteiger charge is 2.06. The molecular weight excluding hydrogens is 344 g/mol. The Morgan fingerprint density at radius 3 is 2.31 bits per heavy atom. The molecule has 2 aromatic rings. The van der Waals surface area contributed by atoms with Crippen molar-refractivity contribution in [3.8, 4) is 0 Å². The first-order valence-electron chi connectivity index (χ1n) is 8.87. The molecule has 2 N–H and O–H groups in total. The summed E-state index contributed by atoms with van der Waals surface area (Å²) in [5.41, 5.74) is 3.84. The van der Waals surface area contributed by atoms with Gasteiger partial charge in [-0.15, -0.1) is 11.8 Å². The number of hydrogen-bond donors (Lipinski definition) is 2. The summed E-state index contributed by atoms with van der Waals surface area (Å²) < 4.78 is 0. The van der Waals surface area contributed by atoms with E-state index in [2.05, 4.69) is 23.6 Å². The predicted octanol–water partition coefficient (Wildman–Crippen LogP) is 5.16. The van der Waals surface area contributed by atoms with Crippen molar-refractivity contribution in [2.24, 2.45) is 0 Å². The van der Waals surface area contributed by atoms with E-state index < -0.39 is 0 Å². The Labute approximate surface area is 159 Å². The van der Waals surface area contributed by atoms with E-state index in [0.29, 0.717) is 12.2 Å². The monoisotopic (exact) mass is 370 g/mol. The van der Waals surface area contributed by atoms with Crippen LogP contribution in [0.1, 0.15) is 37.3 Å². The summed E-state index contributed by atoms with van der Waals surface area (Å²) in [7, 11) is 0. The second kappa shape index (κ2) is 10.0. The van der Waals surface area contributed by atoms with Crippen LogP contribution in [0.25, 0.3) is 0 Å². The molecule has 0 aliphatic rings. The van der Waals surface area contributed by atoms with Gasteiger partial charge in [-0.2, -0.15) is 0 Å². The number of anilines is 2. The van der Waals surface area contributed by atoms with Crippen molar-refractivity contribution in [1.82, 2.24) is 0 Å². The van der Waals surface area contributed by atoms with E-state index in [-0.39, 0.29) is 11.8 Å². The maximum Gasteiger partial charge on any atom is 0.234 e. The lowest BCUT2D eigenvalue weighted by atomic mass is 10.1. The van der Waals surface area contributed by atoms with Crippen molar-refractivity contribution in [2.45, 2.75) is 44.9 Å². The minimum Gasteiger partial charge on any atom is -0.326 e. The summed E-state index contributed by atoms with van der Waals surface area (Å²) in [6.45, 7) is 6.09. The lowest BCUT2D eigenvalue weighted by molar-refractivity contribution is -0.116. The average molecular weight is 371 g/mol. The van der Waals surface area contributed by atoms with Gasteiger partial charge in [0, 0.05) is 22.7 Å². The van der Waals surface area contributed by atoms with Crippen LogP contribution < -0.4 is 10.6 Å². The minimum absolute atomic E-state index is 0.0292. The summed E-state index contributed by atoms with van der Waals surface area (Å²) >= 11 is 1.45. The molecule has 0 unspecified atom stereocenters. The van der Waals surface area contributed by atoms with Crippen molar-refractivity contribution in [1.29, 1.82) is 0 Å². The number of aryl methyl sites for hydroxylation is 2. The van der Waals surface area contributed by atoms with Gasteiger partial charge in [-0.1, -0.05) is 25.5 Å². The molecule has 4 nitrogen and oxygen atoms in total. The molecule has 2 aromatic carbocycles. The highest BCUT2D eigenvalue weighted by Crippen LogP contribution is 2.22. The van der Waals surface area contributed by atoms with Crippen LogP contribution in [0.2, 0.25) is 0 Å². The highest BCUT2D eigenvalue weighted by molar-refractivity contribution is 8.00. The first-order valence-corrected chi connectivity index (χ1v) is 9.85. The molecular formula is C21H26N2O2S. The fourth-order valence-corrected chi connectivity index (χ4v) is 3.37. The van der Waals surface area contributed by atoms with E-state index in [0.717, 1.165) is 40.2 Å². The van der Waals surface area contributed by atoms with Crippen LogP contribution in [0.3, 0.4) is 0 Å². The minimum atomic E-state index is -0.0441. The molecule has 5 heteroatoms. The lowest BCUT2D eigenvalue weighted by Crippen LogP contribution is -2.14. The van der Waals surface area contributed by atoms with Crippen LogP contribution in [0.5, 0.6) is 0 Å². The van der Waals surface area contributed by atoms with E-state index in [9.17, 15) is 9.59 Å². The molecule has 0 radical (unpaired) electrons. The molecule has 0 fully saturated rings. The molecule has 2 amide bonds. The molecule has 0 saturated heterocycles. The van der Waals surface area contributed by atoms with Gasteiger partial charge < -0.3 is 10.6 Å². The number of carbonyl (C=O) groups excluding carboxylic acids is 2. The van der Waals surface area contributed by atoms with Crippen LogP contribution in [0, 0.1) is 13.8 Å². The first-order chi connectivity index (χ1) is 12.5. The van der Waals surface area contributed by atoms with Gasteiger partial charge in [0.15, 0.2) is 0 Å². The Morgan fingerprint density at radius 2 is 1.62 bits per heavy atom. The van der Waals surface area contributed by atoms with Gasteiger partial charge in [0.1, 0.15) is 0 Å². The van der Waals surface area contributed by atoms with Crippen molar-refractivity contribution in [2.75, 3.05) is 16.4 Å². The Kier molecular flexibility index (Phi) is 7.73. The molecule has 0 bridgehead atoms.